The number of fused-ring (bicyclic) bond motifs is 1. The number of hydrogen-bond donors (Lipinski definition) is 5. The lowest BCUT2D eigenvalue weighted by molar-refractivity contribution is -0.0127. The zero-order valence-corrected chi connectivity index (χ0v) is 25.6. The zero-order valence-electron chi connectivity index (χ0n) is 25.6. The predicted octanol–water partition coefficient (Wildman–Crippen LogP) is 6.06. The van der Waals surface area contributed by atoms with E-state index in [0.29, 0.717) is 31.0 Å². The average molecular weight is 607 g/mol. The first kappa shape index (κ1) is 29.6. The molecule has 0 aliphatic heterocycles. The highest BCUT2D eigenvalue weighted by molar-refractivity contribution is 5.90. The molecule has 0 saturated heterocycles. The molecule has 5 N–H and O–H groups in total. The van der Waals surface area contributed by atoms with Gasteiger partial charge in [-0.1, -0.05) is 48.5 Å². The van der Waals surface area contributed by atoms with E-state index in [2.05, 4.69) is 27.0 Å². The molecule has 0 radical (unpaired) electrons. The standard InChI is InChI=1S/C37H42N4O4/c42-32(30-9-11-33(35-31(30)10-12-34(43)40-35)45-23-25-5-2-1-3-6-25)22-38-14-13-24-7-4-8-29(18-24)39-36(44)41-37-19-26-15-27(20-37)17-28(16-26)21-37/h1-12,18,26-28,32,38,42H,13-17,19-23H2,(H,40,43)(H2,39,41,44)/t26?,27?,28?,32-,37?/m0/s1. The number of ether oxygens (including phenoxy) is 1. The summed E-state index contributed by atoms with van der Waals surface area (Å²) in [5.41, 5.74) is 3.98. The Morgan fingerprint density at radius 2 is 1.64 bits per heavy atom. The third-order valence-electron chi connectivity index (χ3n) is 10.0. The molecule has 4 bridgehead atoms. The van der Waals surface area contributed by atoms with Crippen LogP contribution < -0.4 is 26.2 Å². The Hall–Kier alpha value is -4.14. The first-order chi connectivity index (χ1) is 21.9. The monoisotopic (exact) mass is 606 g/mol. The van der Waals surface area contributed by atoms with Crippen LogP contribution in [0.15, 0.2) is 83.7 Å². The van der Waals surface area contributed by atoms with Crippen LogP contribution in [0.2, 0.25) is 0 Å². The van der Waals surface area contributed by atoms with E-state index in [-0.39, 0.29) is 17.1 Å². The van der Waals surface area contributed by atoms with Gasteiger partial charge in [-0.2, -0.15) is 0 Å². The van der Waals surface area contributed by atoms with Crippen molar-refractivity contribution in [2.75, 3.05) is 18.4 Å². The lowest BCUT2D eigenvalue weighted by atomic mass is 9.53. The topological polar surface area (TPSA) is 115 Å². The van der Waals surface area contributed by atoms with E-state index in [1.807, 2.05) is 54.6 Å². The van der Waals surface area contributed by atoms with Crippen LogP contribution in [0.25, 0.3) is 10.9 Å². The van der Waals surface area contributed by atoms with E-state index >= 15 is 0 Å². The summed E-state index contributed by atoms with van der Waals surface area (Å²) in [4.78, 5) is 28.1. The van der Waals surface area contributed by atoms with Crippen molar-refractivity contribution >= 4 is 22.6 Å². The van der Waals surface area contributed by atoms with Gasteiger partial charge in [-0.25, -0.2) is 4.79 Å². The van der Waals surface area contributed by atoms with Crippen molar-refractivity contribution in [1.29, 1.82) is 0 Å². The minimum Gasteiger partial charge on any atom is -0.487 e. The van der Waals surface area contributed by atoms with Crippen LogP contribution in [0.3, 0.4) is 0 Å². The van der Waals surface area contributed by atoms with Crippen molar-refractivity contribution in [2.45, 2.75) is 63.2 Å². The number of pyridine rings is 1. The molecule has 0 unspecified atom stereocenters. The summed E-state index contributed by atoms with van der Waals surface area (Å²) < 4.78 is 6.04. The molecular formula is C37H42N4O4. The Kier molecular flexibility index (Phi) is 8.34. The summed E-state index contributed by atoms with van der Waals surface area (Å²) in [6, 6.07) is 24.6. The Morgan fingerprint density at radius 3 is 2.40 bits per heavy atom. The number of carbonyl (C=O) groups excluding carboxylic acids is 1. The van der Waals surface area contributed by atoms with Gasteiger partial charge >= 0.3 is 6.03 Å². The smallest absolute Gasteiger partial charge is 0.319 e. The molecule has 234 valence electrons. The van der Waals surface area contributed by atoms with Crippen LogP contribution in [-0.4, -0.2) is 34.8 Å². The number of amides is 2. The molecular weight excluding hydrogens is 564 g/mol. The summed E-state index contributed by atoms with van der Waals surface area (Å²) in [6.45, 7) is 1.39. The molecule has 4 aliphatic carbocycles. The molecule has 1 atom stereocenters. The van der Waals surface area contributed by atoms with Crippen molar-refractivity contribution in [1.82, 2.24) is 15.6 Å². The number of aromatic amines is 1. The van der Waals surface area contributed by atoms with Gasteiger partial charge in [0, 0.05) is 29.2 Å². The number of anilines is 1. The number of aliphatic hydroxyl groups is 1. The number of rotatable bonds is 11. The van der Waals surface area contributed by atoms with Crippen LogP contribution in [0, 0.1) is 17.8 Å². The molecule has 45 heavy (non-hydrogen) atoms. The molecule has 8 rings (SSSR count). The minimum absolute atomic E-state index is 0.0165. The average Bonchev–Trinajstić information content (AvgIpc) is 3.01. The van der Waals surface area contributed by atoms with Crippen molar-refractivity contribution in [3.05, 3.63) is 106 Å². The van der Waals surface area contributed by atoms with Crippen molar-refractivity contribution in [3.8, 4) is 5.75 Å². The quantitative estimate of drug-likeness (QED) is 0.133. The van der Waals surface area contributed by atoms with Crippen LogP contribution in [0.1, 0.15) is 61.3 Å². The van der Waals surface area contributed by atoms with Gasteiger partial charge in [0.2, 0.25) is 5.56 Å². The maximum Gasteiger partial charge on any atom is 0.319 e. The van der Waals surface area contributed by atoms with E-state index in [0.717, 1.165) is 71.2 Å². The van der Waals surface area contributed by atoms with Crippen LogP contribution in [0.5, 0.6) is 5.75 Å². The third kappa shape index (κ3) is 6.77. The lowest BCUT2D eigenvalue weighted by Crippen LogP contribution is -2.60. The maximum absolute atomic E-state index is 13.0. The number of H-pyrrole nitrogens is 1. The van der Waals surface area contributed by atoms with E-state index in [9.17, 15) is 14.7 Å². The third-order valence-corrected chi connectivity index (χ3v) is 10.0. The molecule has 8 heteroatoms. The second-order valence-electron chi connectivity index (χ2n) is 13.5. The summed E-state index contributed by atoms with van der Waals surface area (Å²) >= 11 is 0. The molecule has 1 aromatic heterocycles. The molecule has 4 aliphatic rings. The second-order valence-corrected chi connectivity index (χ2v) is 13.5. The fraction of sp³-hybridized carbons (Fsp3) is 0.405. The molecule has 4 aromatic rings. The van der Waals surface area contributed by atoms with E-state index in [4.69, 9.17) is 4.74 Å². The van der Waals surface area contributed by atoms with Crippen molar-refractivity contribution in [2.24, 2.45) is 17.8 Å². The number of aliphatic hydroxyl groups excluding tert-OH is 1. The molecule has 0 spiro atoms. The fourth-order valence-electron chi connectivity index (χ4n) is 8.45. The van der Waals surface area contributed by atoms with Gasteiger partial charge in [-0.3, -0.25) is 4.79 Å². The Bertz CT molecular complexity index is 1680. The van der Waals surface area contributed by atoms with Gasteiger partial charge in [0.25, 0.3) is 0 Å². The summed E-state index contributed by atoms with van der Waals surface area (Å²) in [7, 11) is 0. The van der Waals surface area contributed by atoms with Crippen molar-refractivity contribution < 1.29 is 14.6 Å². The molecule has 3 aromatic carbocycles. The van der Waals surface area contributed by atoms with Gasteiger partial charge in [0.05, 0.1) is 11.6 Å². The van der Waals surface area contributed by atoms with Gasteiger partial charge in [0.15, 0.2) is 0 Å². The predicted molar refractivity (Wildman–Crippen MR) is 176 cm³/mol. The normalized spacial score (nSPS) is 24.0. The largest absolute Gasteiger partial charge is 0.487 e. The number of carbonyl (C=O) groups is 1. The van der Waals surface area contributed by atoms with Gasteiger partial charge in [0.1, 0.15) is 12.4 Å². The molecule has 1 heterocycles. The highest BCUT2D eigenvalue weighted by atomic mass is 16.5. The van der Waals surface area contributed by atoms with Crippen LogP contribution in [0.4, 0.5) is 10.5 Å². The number of hydrogen-bond acceptors (Lipinski definition) is 5. The second kappa shape index (κ2) is 12.7. The number of urea groups is 1. The van der Waals surface area contributed by atoms with E-state index < -0.39 is 6.10 Å². The van der Waals surface area contributed by atoms with Gasteiger partial charge < -0.3 is 30.8 Å². The van der Waals surface area contributed by atoms with Gasteiger partial charge in [-0.05, 0) is 110 Å². The van der Waals surface area contributed by atoms with Crippen LogP contribution >= 0.6 is 0 Å². The lowest BCUT2D eigenvalue weighted by Gasteiger charge is -2.56. The summed E-state index contributed by atoms with van der Waals surface area (Å²) in [6.07, 6.45) is 7.41. The number of aromatic nitrogens is 1. The maximum atomic E-state index is 13.0. The SMILES string of the molecule is O=C(Nc1cccc(CCNC[C@H](O)c2ccc(OCc3ccccc3)c3[nH]c(=O)ccc23)c1)NC12CC3CC(CC(C3)C1)C2. The minimum atomic E-state index is -0.775. The Morgan fingerprint density at radius 1 is 0.911 bits per heavy atom. The van der Waals surface area contributed by atoms with Gasteiger partial charge in [-0.15, -0.1) is 0 Å². The zero-order chi connectivity index (χ0) is 30.8. The molecule has 8 nitrogen and oxygen atoms in total. The number of benzene rings is 3. The Labute approximate surface area is 263 Å². The molecule has 4 saturated carbocycles. The van der Waals surface area contributed by atoms with Crippen molar-refractivity contribution in [3.63, 3.8) is 0 Å². The van der Waals surface area contributed by atoms with E-state index in [1.165, 1.54) is 25.3 Å². The number of nitrogens with one attached hydrogen (secondary N) is 4. The first-order valence-electron chi connectivity index (χ1n) is 16.3. The Balaban J connectivity index is 0.923. The fourth-order valence-corrected chi connectivity index (χ4v) is 8.45. The summed E-state index contributed by atoms with van der Waals surface area (Å²) in [5.74, 6) is 2.92. The molecule has 4 fully saturated rings. The van der Waals surface area contributed by atoms with Crippen LogP contribution in [-0.2, 0) is 13.0 Å². The summed E-state index contributed by atoms with van der Waals surface area (Å²) in [5, 5.41) is 21.7. The first-order valence-corrected chi connectivity index (χ1v) is 16.3. The van der Waals surface area contributed by atoms with E-state index in [1.54, 1.807) is 12.1 Å². The highest BCUT2D eigenvalue weighted by Crippen LogP contribution is 2.55. The highest BCUT2D eigenvalue weighted by Gasteiger charge is 2.51. The molecule has 2 amide bonds.